The molecule has 5 nitrogen and oxygen atoms in total. The van der Waals surface area contributed by atoms with Gasteiger partial charge in [-0.1, -0.05) is 38.5 Å². The second kappa shape index (κ2) is 5.96. The molecule has 2 N–H and O–H groups in total. The second-order valence-corrected chi connectivity index (χ2v) is 7.03. The van der Waals surface area contributed by atoms with Crippen LogP contribution in [0, 0.1) is 0 Å². The summed E-state index contributed by atoms with van der Waals surface area (Å²) in [7, 11) is 0. The smallest absolute Gasteiger partial charge is 0.237 e. The third-order valence-corrected chi connectivity index (χ3v) is 4.50. The molecule has 19 heavy (non-hydrogen) atoms. The lowest BCUT2D eigenvalue weighted by molar-refractivity contribution is -0.123. The fourth-order valence-electron chi connectivity index (χ4n) is 1.99. The van der Waals surface area contributed by atoms with Crippen molar-refractivity contribution in [1.82, 2.24) is 20.8 Å². The molecule has 1 aliphatic rings. The van der Waals surface area contributed by atoms with E-state index in [1.165, 1.54) is 0 Å². The van der Waals surface area contributed by atoms with Crippen molar-refractivity contribution in [3.8, 4) is 0 Å². The Balaban J connectivity index is 1.85. The first-order valence-corrected chi connectivity index (χ1v) is 7.62. The van der Waals surface area contributed by atoms with E-state index in [0.717, 1.165) is 35.8 Å². The molecule has 1 aromatic heterocycles. The minimum absolute atomic E-state index is 0.0187. The maximum atomic E-state index is 12.0. The molecule has 0 saturated carbocycles. The highest BCUT2D eigenvalue weighted by molar-refractivity contribution is 7.11. The number of aromatic nitrogens is 2. The van der Waals surface area contributed by atoms with Gasteiger partial charge in [0.25, 0.3) is 0 Å². The molecule has 0 radical (unpaired) electrons. The van der Waals surface area contributed by atoms with Gasteiger partial charge < -0.3 is 10.6 Å². The minimum atomic E-state index is -0.0382. The summed E-state index contributed by atoms with van der Waals surface area (Å²) in [5.41, 5.74) is 0.0187. The quantitative estimate of drug-likeness (QED) is 0.883. The van der Waals surface area contributed by atoms with Gasteiger partial charge in [0, 0.05) is 5.41 Å². The van der Waals surface area contributed by atoms with Crippen molar-refractivity contribution in [2.24, 2.45) is 0 Å². The van der Waals surface area contributed by atoms with Crippen molar-refractivity contribution in [2.45, 2.75) is 58.0 Å². The number of amides is 1. The lowest BCUT2D eigenvalue weighted by atomic mass is 9.98. The van der Waals surface area contributed by atoms with Crippen molar-refractivity contribution < 1.29 is 4.79 Å². The maximum absolute atomic E-state index is 12.0. The summed E-state index contributed by atoms with van der Waals surface area (Å²) in [5, 5.41) is 16.4. The molecule has 1 aliphatic heterocycles. The zero-order valence-corrected chi connectivity index (χ0v) is 12.6. The van der Waals surface area contributed by atoms with Gasteiger partial charge in [-0.05, 0) is 19.4 Å². The van der Waals surface area contributed by atoms with E-state index in [-0.39, 0.29) is 17.4 Å². The predicted molar refractivity (Wildman–Crippen MR) is 76.1 cm³/mol. The second-order valence-electron chi connectivity index (χ2n) is 5.97. The van der Waals surface area contributed by atoms with Crippen molar-refractivity contribution in [1.29, 1.82) is 0 Å². The third-order valence-electron chi connectivity index (χ3n) is 3.15. The first kappa shape index (κ1) is 14.4. The lowest BCUT2D eigenvalue weighted by Gasteiger charge is -2.22. The predicted octanol–water partition coefficient (Wildman–Crippen LogP) is 1.59. The van der Waals surface area contributed by atoms with E-state index in [0.29, 0.717) is 6.54 Å². The van der Waals surface area contributed by atoms with Crippen LogP contribution < -0.4 is 10.6 Å². The molecule has 1 atom stereocenters. The van der Waals surface area contributed by atoms with Gasteiger partial charge in [-0.15, -0.1) is 10.2 Å². The number of hydrogen-bond donors (Lipinski definition) is 2. The Hall–Kier alpha value is -1.01. The Kier molecular flexibility index (Phi) is 4.52. The Bertz CT molecular complexity index is 432. The maximum Gasteiger partial charge on any atom is 0.237 e. The molecule has 0 aromatic carbocycles. The fourth-order valence-corrected chi connectivity index (χ4v) is 2.83. The normalized spacial score (nSPS) is 20.3. The van der Waals surface area contributed by atoms with Crippen LogP contribution in [0.3, 0.4) is 0 Å². The van der Waals surface area contributed by atoms with Gasteiger partial charge in [-0.2, -0.15) is 0 Å². The zero-order chi connectivity index (χ0) is 13.9. The van der Waals surface area contributed by atoms with Gasteiger partial charge >= 0.3 is 0 Å². The van der Waals surface area contributed by atoms with Crippen LogP contribution in [-0.4, -0.2) is 28.7 Å². The number of hydrogen-bond acceptors (Lipinski definition) is 5. The molecule has 1 fully saturated rings. The highest BCUT2D eigenvalue weighted by Gasteiger charge is 2.22. The molecule has 1 saturated heterocycles. The van der Waals surface area contributed by atoms with Gasteiger partial charge in [0.2, 0.25) is 5.91 Å². The minimum Gasteiger partial charge on any atom is -0.348 e. The van der Waals surface area contributed by atoms with Crippen LogP contribution in [0.4, 0.5) is 0 Å². The van der Waals surface area contributed by atoms with Crippen LogP contribution in [-0.2, 0) is 16.8 Å². The van der Waals surface area contributed by atoms with Crippen LogP contribution in [0.5, 0.6) is 0 Å². The summed E-state index contributed by atoms with van der Waals surface area (Å²) in [6.07, 6.45) is 3.21. The molecule has 1 aromatic rings. The van der Waals surface area contributed by atoms with Crippen LogP contribution >= 0.6 is 11.3 Å². The Morgan fingerprint density at radius 1 is 1.42 bits per heavy atom. The number of carbonyl (C=O) groups is 1. The summed E-state index contributed by atoms with van der Waals surface area (Å²) in [6, 6.07) is -0.0382. The zero-order valence-electron chi connectivity index (χ0n) is 11.8. The molecular formula is C13H22N4OS. The van der Waals surface area contributed by atoms with E-state index < -0.39 is 0 Å². The monoisotopic (exact) mass is 282 g/mol. The van der Waals surface area contributed by atoms with E-state index >= 15 is 0 Å². The molecular weight excluding hydrogens is 260 g/mol. The van der Waals surface area contributed by atoms with Gasteiger partial charge in [0.05, 0.1) is 12.6 Å². The number of carbonyl (C=O) groups excluding carboxylic acids is 1. The SMILES string of the molecule is CC(C)(C)c1nnc(CNC(=O)C2CCCCN2)s1. The summed E-state index contributed by atoms with van der Waals surface area (Å²) in [6.45, 7) is 7.75. The Morgan fingerprint density at radius 2 is 2.21 bits per heavy atom. The van der Waals surface area contributed by atoms with E-state index in [9.17, 15) is 4.79 Å². The Morgan fingerprint density at radius 3 is 2.79 bits per heavy atom. The fraction of sp³-hybridized carbons (Fsp3) is 0.769. The first-order chi connectivity index (χ1) is 8.97. The average Bonchev–Trinajstić information content (AvgIpc) is 2.86. The summed E-state index contributed by atoms with van der Waals surface area (Å²) in [4.78, 5) is 12.0. The largest absolute Gasteiger partial charge is 0.348 e. The third kappa shape index (κ3) is 3.98. The highest BCUT2D eigenvalue weighted by atomic mass is 32.1. The molecule has 0 spiro atoms. The van der Waals surface area contributed by atoms with E-state index in [4.69, 9.17) is 0 Å². The van der Waals surface area contributed by atoms with E-state index in [2.05, 4.69) is 41.6 Å². The van der Waals surface area contributed by atoms with Crippen LogP contribution in [0.2, 0.25) is 0 Å². The van der Waals surface area contributed by atoms with E-state index in [1.807, 2.05) is 0 Å². The summed E-state index contributed by atoms with van der Waals surface area (Å²) in [5.74, 6) is 0.0761. The molecule has 0 bridgehead atoms. The standard InChI is InChI=1S/C13H22N4OS/c1-13(2,3)12-17-16-10(19-12)8-15-11(18)9-6-4-5-7-14-9/h9,14H,4-8H2,1-3H3,(H,15,18). The summed E-state index contributed by atoms with van der Waals surface area (Å²) >= 11 is 1.57. The molecule has 106 valence electrons. The van der Waals surface area contributed by atoms with Crippen LogP contribution in [0.1, 0.15) is 50.0 Å². The number of piperidine rings is 1. The molecule has 2 rings (SSSR count). The lowest BCUT2D eigenvalue weighted by Crippen LogP contribution is -2.46. The highest BCUT2D eigenvalue weighted by Crippen LogP contribution is 2.25. The number of nitrogens with one attached hydrogen (secondary N) is 2. The first-order valence-electron chi connectivity index (χ1n) is 6.81. The van der Waals surface area contributed by atoms with Gasteiger partial charge in [0.1, 0.15) is 10.0 Å². The van der Waals surface area contributed by atoms with Gasteiger partial charge in [-0.3, -0.25) is 4.79 Å². The Labute approximate surface area is 118 Å². The molecule has 2 heterocycles. The van der Waals surface area contributed by atoms with Crippen molar-refractivity contribution in [3.05, 3.63) is 10.0 Å². The number of rotatable bonds is 3. The average molecular weight is 282 g/mol. The van der Waals surface area contributed by atoms with E-state index in [1.54, 1.807) is 11.3 Å². The molecule has 1 unspecified atom stereocenters. The van der Waals surface area contributed by atoms with Crippen LogP contribution in [0.25, 0.3) is 0 Å². The number of nitrogens with zero attached hydrogens (tertiary/aromatic N) is 2. The van der Waals surface area contributed by atoms with Crippen molar-refractivity contribution >= 4 is 17.2 Å². The molecule has 0 aliphatic carbocycles. The van der Waals surface area contributed by atoms with Crippen molar-refractivity contribution in [3.63, 3.8) is 0 Å². The molecule has 1 amide bonds. The molecule has 6 heteroatoms. The van der Waals surface area contributed by atoms with Crippen LogP contribution in [0.15, 0.2) is 0 Å². The van der Waals surface area contributed by atoms with Crippen molar-refractivity contribution in [2.75, 3.05) is 6.54 Å². The topological polar surface area (TPSA) is 66.9 Å². The van der Waals surface area contributed by atoms with Gasteiger partial charge in [-0.25, -0.2) is 0 Å². The van der Waals surface area contributed by atoms with Gasteiger partial charge in [0.15, 0.2) is 0 Å². The summed E-state index contributed by atoms with van der Waals surface area (Å²) < 4.78 is 0.